The maximum Gasteiger partial charge on any atom is 0.344 e. The second-order valence-corrected chi connectivity index (χ2v) is 2.51. The smallest absolute Gasteiger partial charge is 0.344 e. The van der Waals surface area contributed by atoms with Crippen molar-refractivity contribution >= 4 is 12.3 Å². The summed E-state index contributed by atoms with van der Waals surface area (Å²) in [6.45, 7) is 1.91. The van der Waals surface area contributed by atoms with E-state index in [1.807, 2.05) is 0 Å². The molecule has 74 valence electrons. The van der Waals surface area contributed by atoms with Gasteiger partial charge in [0.05, 0.1) is 6.61 Å². The molecule has 1 rings (SSSR count). The lowest BCUT2D eigenvalue weighted by Crippen LogP contribution is -2.32. The molecule has 0 amide bonds. The molecule has 0 aliphatic heterocycles. The molecule has 0 unspecified atom stereocenters. The number of carbonyl (C=O) groups is 2. The number of esters is 1. The zero-order valence-corrected chi connectivity index (χ0v) is 7.60. The Hall–Kier alpha value is -1.91. The average molecular weight is 195 g/mol. The van der Waals surface area contributed by atoms with Crippen LogP contribution in [0.25, 0.3) is 0 Å². The largest absolute Gasteiger partial charge is 0.618 e. The Bertz CT molecular complexity index is 362. The van der Waals surface area contributed by atoms with Gasteiger partial charge in [-0.2, -0.15) is 4.73 Å². The number of hydrogen-bond acceptors (Lipinski definition) is 4. The van der Waals surface area contributed by atoms with Gasteiger partial charge in [0.2, 0.25) is 6.29 Å². The Morgan fingerprint density at radius 3 is 2.86 bits per heavy atom. The lowest BCUT2D eigenvalue weighted by Gasteiger charge is -2.02. The van der Waals surface area contributed by atoms with E-state index in [2.05, 4.69) is 4.74 Å². The Balaban J connectivity index is 2.96. The first-order valence-electron chi connectivity index (χ1n) is 4.04. The third kappa shape index (κ3) is 2.07. The summed E-state index contributed by atoms with van der Waals surface area (Å²) in [6.07, 6.45) is 1.43. The lowest BCUT2D eigenvalue weighted by atomic mass is 10.2. The Morgan fingerprint density at radius 2 is 2.36 bits per heavy atom. The van der Waals surface area contributed by atoms with E-state index in [0.717, 1.165) is 6.20 Å². The molecular formula is C9H9NO4. The molecule has 14 heavy (non-hydrogen) atoms. The molecule has 0 fully saturated rings. The highest BCUT2D eigenvalue weighted by Crippen LogP contribution is 1.99. The van der Waals surface area contributed by atoms with Crippen molar-refractivity contribution < 1.29 is 19.1 Å². The molecule has 0 N–H and O–H groups in total. The van der Waals surface area contributed by atoms with Crippen LogP contribution in [0.4, 0.5) is 0 Å². The van der Waals surface area contributed by atoms with Crippen molar-refractivity contribution in [3.8, 4) is 0 Å². The Kier molecular flexibility index (Phi) is 3.17. The molecule has 0 aliphatic rings. The normalized spacial score (nSPS) is 9.50. The summed E-state index contributed by atoms with van der Waals surface area (Å²) >= 11 is 0. The van der Waals surface area contributed by atoms with Gasteiger partial charge in [-0.1, -0.05) is 0 Å². The van der Waals surface area contributed by atoms with E-state index in [-0.39, 0.29) is 17.9 Å². The van der Waals surface area contributed by atoms with E-state index in [1.54, 1.807) is 6.92 Å². The van der Waals surface area contributed by atoms with Crippen LogP contribution in [0.3, 0.4) is 0 Å². The summed E-state index contributed by atoms with van der Waals surface area (Å²) in [7, 11) is 0. The average Bonchev–Trinajstić information content (AvgIpc) is 2.18. The second kappa shape index (κ2) is 4.36. The molecular weight excluding hydrogens is 186 g/mol. The minimum atomic E-state index is -0.574. The fourth-order valence-electron chi connectivity index (χ4n) is 0.919. The number of nitrogens with zero attached hydrogens (tertiary/aromatic N) is 1. The second-order valence-electron chi connectivity index (χ2n) is 2.51. The fourth-order valence-corrected chi connectivity index (χ4v) is 0.919. The third-order valence-electron chi connectivity index (χ3n) is 1.58. The Morgan fingerprint density at radius 1 is 1.64 bits per heavy atom. The summed E-state index contributed by atoms with van der Waals surface area (Å²) in [5, 5.41) is 11.1. The van der Waals surface area contributed by atoms with Crippen LogP contribution in [0, 0.1) is 5.21 Å². The van der Waals surface area contributed by atoms with Gasteiger partial charge in [-0.15, -0.1) is 0 Å². The molecule has 0 aliphatic carbocycles. The minimum Gasteiger partial charge on any atom is -0.618 e. The first-order valence-corrected chi connectivity index (χ1v) is 4.04. The molecule has 0 aromatic carbocycles. The Labute approximate surface area is 80.5 Å². The molecule has 0 spiro atoms. The molecule has 1 aromatic rings. The molecule has 0 saturated carbocycles. The predicted molar refractivity (Wildman–Crippen MR) is 46.7 cm³/mol. The molecule has 0 bridgehead atoms. The van der Waals surface area contributed by atoms with E-state index in [1.165, 1.54) is 12.1 Å². The quantitative estimate of drug-likeness (QED) is 0.301. The van der Waals surface area contributed by atoms with Crippen LogP contribution < -0.4 is 4.73 Å². The molecule has 1 aromatic heterocycles. The topological polar surface area (TPSA) is 70.3 Å². The van der Waals surface area contributed by atoms with Gasteiger partial charge >= 0.3 is 5.97 Å². The molecule has 1 heterocycles. The van der Waals surface area contributed by atoms with Crippen LogP contribution >= 0.6 is 0 Å². The van der Waals surface area contributed by atoms with Gasteiger partial charge in [-0.25, -0.2) is 4.79 Å². The van der Waals surface area contributed by atoms with E-state index in [9.17, 15) is 14.8 Å². The number of aldehydes is 1. The van der Waals surface area contributed by atoms with Gasteiger partial charge in [0.25, 0.3) is 5.69 Å². The van der Waals surface area contributed by atoms with Gasteiger partial charge in [-0.3, -0.25) is 4.79 Å². The van der Waals surface area contributed by atoms with Crippen molar-refractivity contribution in [3.63, 3.8) is 0 Å². The summed E-state index contributed by atoms with van der Waals surface area (Å²) < 4.78 is 5.01. The summed E-state index contributed by atoms with van der Waals surface area (Å²) in [4.78, 5) is 21.4. The number of aromatic nitrogens is 1. The van der Waals surface area contributed by atoms with Crippen molar-refractivity contribution in [1.29, 1.82) is 0 Å². The van der Waals surface area contributed by atoms with Crippen molar-refractivity contribution in [2.45, 2.75) is 6.92 Å². The monoisotopic (exact) mass is 195 g/mol. The number of ether oxygens (including phenoxy) is 1. The highest BCUT2D eigenvalue weighted by atomic mass is 16.5. The number of carbonyl (C=O) groups excluding carboxylic acids is 2. The minimum absolute atomic E-state index is 0.0435. The molecule has 0 radical (unpaired) electrons. The van der Waals surface area contributed by atoms with Crippen LogP contribution in [-0.4, -0.2) is 18.9 Å². The fraction of sp³-hybridized carbons (Fsp3) is 0.222. The highest BCUT2D eigenvalue weighted by Gasteiger charge is 2.12. The van der Waals surface area contributed by atoms with Crippen molar-refractivity contribution in [2.75, 3.05) is 6.61 Å². The molecule has 0 saturated heterocycles. The molecule has 5 heteroatoms. The van der Waals surface area contributed by atoms with Gasteiger partial charge in [0.15, 0.2) is 6.20 Å². The van der Waals surface area contributed by atoms with Gasteiger partial charge in [0.1, 0.15) is 5.56 Å². The summed E-state index contributed by atoms with van der Waals surface area (Å²) in [6, 6.07) is 2.64. The molecule has 0 atom stereocenters. The number of pyridine rings is 1. The zero-order chi connectivity index (χ0) is 10.6. The molecule has 5 nitrogen and oxygen atoms in total. The van der Waals surface area contributed by atoms with Crippen molar-refractivity contribution in [3.05, 3.63) is 34.8 Å². The number of rotatable bonds is 3. The van der Waals surface area contributed by atoms with E-state index < -0.39 is 5.97 Å². The van der Waals surface area contributed by atoms with E-state index in [4.69, 9.17) is 0 Å². The van der Waals surface area contributed by atoms with Gasteiger partial charge in [-0.05, 0) is 13.0 Å². The summed E-state index contributed by atoms with van der Waals surface area (Å²) in [5.41, 5.74) is 0.0884. The van der Waals surface area contributed by atoms with Crippen LogP contribution in [0.15, 0.2) is 18.3 Å². The zero-order valence-electron chi connectivity index (χ0n) is 7.60. The predicted octanol–water partition coefficient (Wildman–Crippen LogP) is 0.309. The van der Waals surface area contributed by atoms with E-state index in [0.29, 0.717) is 11.0 Å². The van der Waals surface area contributed by atoms with Crippen LogP contribution in [-0.2, 0) is 4.74 Å². The first-order chi connectivity index (χ1) is 6.69. The van der Waals surface area contributed by atoms with Crippen LogP contribution in [0.2, 0.25) is 0 Å². The standard InChI is InChI=1S/C9H9NO4/c1-2-14-9(12)7-3-4-8(6-11)10(13)5-7/h3-6H,2H2,1H3. The van der Waals surface area contributed by atoms with Gasteiger partial charge < -0.3 is 9.94 Å². The van der Waals surface area contributed by atoms with Crippen LogP contribution in [0.1, 0.15) is 27.8 Å². The van der Waals surface area contributed by atoms with Gasteiger partial charge in [0, 0.05) is 6.07 Å². The van der Waals surface area contributed by atoms with Crippen molar-refractivity contribution in [1.82, 2.24) is 0 Å². The van der Waals surface area contributed by atoms with Crippen LogP contribution in [0.5, 0.6) is 0 Å². The maximum atomic E-state index is 11.1. The highest BCUT2D eigenvalue weighted by molar-refractivity contribution is 5.89. The lowest BCUT2D eigenvalue weighted by molar-refractivity contribution is -0.607. The first kappa shape index (κ1) is 10.2. The maximum absolute atomic E-state index is 11.1. The summed E-state index contributed by atoms with van der Waals surface area (Å²) in [5.74, 6) is -0.574. The van der Waals surface area contributed by atoms with E-state index >= 15 is 0 Å². The van der Waals surface area contributed by atoms with Crippen molar-refractivity contribution in [2.24, 2.45) is 0 Å². The third-order valence-corrected chi connectivity index (χ3v) is 1.58. The number of hydrogen-bond donors (Lipinski definition) is 0. The SMILES string of the molecule is CCOC(=O)c1ccc(C=O)[n+]([O-])c1.